The largest absolute Gasteiger partial charge is 0.465 e. The van der Waals surface area contributed by atoms with Gasteiger partial charge in [-0.2, -0.15) is 0 Å². The first-order chi connectivity index (χ1) is 5.96. The molecule has 0 rings (SSSR count). The number of carbonyl (C=O) groups excluding carboxylic acids is 2. The predicted octanol–water partition coefficient (Wildman–Crippen LogP) is 1.94. The van der Waals surface area contributed by atoms with Gasteiger partial charge in [0.25, 0.3) is 0 Å². The zero-order chi connectivity index (χ0) is 10.5. The Morgan fingerprint density at radius 2 is 1.85 bits per heavy atom. The van der Waals surface area contributed by atoms with E-state index in [0.29, 0.717) is 12.8 Å². The molecular formula is C10H18O3. The molecule has 0 heterocycles. The van der Waals surface area contributed by atoms with Gasteiger partial charge in [-0.25, -0.2) is 0 Å². The lowest BCUT2D eigenvalue weighted by atomic mass is 9.85. The SMILES string of the molecule is CCC(=O)OC[C@@](C)(CC)C(C)=O. The summed E-state index contributed by atoms with van der Waals surface area (Å²) in [4.78, 5) is 22.1. The number of ether oxygens (including phenoxy) is 1. The molecule has 0 aromatic rings. The van der Waals surface area contributed by atoms with Crippen LogP contribution >= 0.6 is 0 Å². The quantitative estimate of drug-likeness (QED) is 0.616. The highest BCUT2D eigenvalue weighted by molar-refractivity contribution is 5.82. The van der Waals surface area contributed by atoms with Crippen molar-refractivity contribution in [3.63, 3.8) is 0 Å². The maximum atomic E-state index is 11.2. The van der Waals surface area contributed by atoms with Crippen molar-refractivity contribution < 1.29 is 14.3 Å². The summed E-state index contributed by atoms with van der Waals surface area (Å²) in [5, 5.41) is 0. The molecule has 76 valence electrons. The summed E-state index contributed by atoms with van der Waals surface area (Å²) in [7, 11) is 0. The summed E-state index contributed by atoms with van der Waals surface area (Å²) in [6.45, 7) is 7.20. The first-order valence-corrected chi connectivity index (χ1v) is 4.63. The number of Topliss-reactive ketones (excluding diaryl/α,β-unsaturated/α-hetero) is 1. The molecule has 13 heavy (non-hydrogen) atoms. The Hall–Kier alpha value is -0.860. The van der Waals surface area contributed by atoms with Crippen LogP contribution in [0.15, 0.2) is 0 Å². The van der Waals surface area contributed by atoms with Gasteiger partial charge in [0.15, 0.2) is 0 Å². The van der Waals surface area contributed by atoms with Crippen LogP contribution in [0.3, 0.4) is 0 Å². The van der Waals surface area contributed by atoms with Crippen LogP contribution in [0.4, 0.5) is 0 Å². The maximum absolute atomic E-state index is 11.2. The molecule has 0 spiro atoms. The third-order valence-electron chi connectivity index (χ3n) is 2.47. The second kappa shape index (κ2) is 5.00. The van der Waals surface area contributed by atoms with Gasteiger partial charge < -0.3 is 4.74 Å². The van der Waals surface area contributed by atoms with Crippen LogP contribution in [0.2, 0.25) is 0 Å². The molecule has 0 radical (unpaired) electrons. The van der Waals surface area contributed by atoms with Crippen LogP contribution in [0, 0.1) is 5.41 Å². The molecule has 0 aliphatic heterocycles. The molecule has 0 N–H and O–H groups in total. The lowest BCUT2D eigenvalue weighted by Crippen LogP contribution is -2.31. The van der Waals surface area contributed by atoms with E-state index in [1.807, 2.05) is 13.8 Å². The fourth-order valence-electron chi connectivity index (χ4n) is 0.794. The summed E-state index contributed by atoms with van der Waals surface area (Å²) in [5.74, 6) is -0.181. The van der Waals surface area contributed by atoms with E-state index in [4.69, 9.17) is 4.74 Å². The fourth-order valence-corrected chi connectivity index (χ4v) is 0.794. The van der Waals surface area contributed by atoms with Gasteiger partial charge in [0.1, 0.15) is 12.4 Å². The fraction of sp³-hybridized carbons (Fsp3) is 0.800. The molecule has 0 aliphatic carbocycles. The van der Waals surface area contributed by atoms with Crippen molar-refractivity contribution in [3.05, 3.63) is 0 Å². The lowest BCUT2D eigenvalue weighted by molar-refractivity contribution is -0.149. The van der Waals surface area contributed by atoms with Crippen LogP contribution in [0.1, 0.15) is 40.5 Å². The van der Waals surface area contributed by atoms with Crippen molar-refractivity contribution in [2.75, 3.05) is 6.61 Å². The topological polar surface area (TPSA) is 43.4 Å². The van der Waals surface area contributed by atoms with E-state index >= 15 is 0 Å². The smallest absolute Gasteiger partial charge is 0.305 e. The second-order valence-corrected chi connectivity index (χ2v) is 3.48. The van der Waals surface area contributed by atoms with Gasteiger partial charge in [-0.3, -0.25) is 9.59 Å². The molecule has 0 aromatic heterocycles. The Bertz CT molecular complexity index is 198. The normalized spacial score (nSPS) is 14.8. The number of hydrogen-bond donors (Lipinski definition) is 0. The van der Waals surface area contributed by atoms with Gasteiger partial charge in [-0.15, -0.1) is 0 Å². The van der Waals surface area contributed by atoms with E-state index in [-0.39, 0.29) is 18.4 Å². The lowest BCUT2D eigenvalue weighted by Gasteiger charge is -2.24. The summed E-state index contributed by atoms with van der Waals surface area (Å²) >= 11 is 0. The minimum atomic E-state index is -0.509. The highest BCUT2D eigenvalue weighted by Gasteiger charge is 2.29. The Morgan fingerprint density at radius 3 is 2.15 bits per heavy atom. The maximum Gasteiger partial charge on any atom is 0.305 e. The van der Waals surface area contributed by atoms with E-state index in [1.54, 1.807) is 6.92 Å². The number of ketones is 1. The second-order valence-electron chi connectivity index (χ2n) is 3.48. The molecule has 3 nitrogen and oxygen atoms in total. The van der Waals surface area contributed by atoms with Crippen LogP contribution in [0.5, 0.6) is 0 Å². The van der Waals surface area contributed by atoms with Crippen molar-refractivity contribution in [2.24, 2.45) is 5.41 Å². The average molecular weight is 186 g/mol. The molecule has 0 aromatic carbocycles. The predicted molar refractivity (Wildman–Crippen MR) is 50.3 cm³/mol. The molecule has 0 aliphatic rings. The first kappa shape index (κ1) is 12.1. The van der Waals surface area contributed by atoms with Crippen molar-refractivity contribution in [3.8, 4) is 0 Å². The van der Waals surface area contributed by atoms with Gasteiger partial charge in [0.05, 0.1) is 5.41 Å². The number of carbonyl (C=O) groups is 2. The molecule has 0 bridgehead atoms. The summed E-state index contributed by atoms with van der Waals surface area (Å²) in [5.41, 5.74) is -0.509. The van der Waals surface area contributed by atoms with Gasteiger partial charge >= 0.3 is 5.97 Å². The van der Waals surface area contributed by atoms with Crippen LogP contribution in [0.25, 0.3) is 0 Å². The molecule has 0 fully saturated rings. The first-order valence-electron chi connectivity index (χ1n) is 4.63. The Kier molecular flexibility index (Phi) is 4.67. The summed E-state index contributed by atoms with van der Waals surface area (Å²) in [6, 6.07) is 0. The Morgan fingerprint density at radius 1 is 1.31 bits per heavy atom. The van der Waals surface area contributed by atoms with Crippen molar-refractivity contribution in [1.29, 1.82) is 0 Å². The molecule has 0 saturated heterocycles. The number of esters is 1. The Balaban J connectivity index is 4.13. The van der Waals surface area contributed by atoms with Gasteiger partial charge in [-0.05, 0) is 20.3 Å². The molecule has 0 unspecified atom stereocenters. The molecule has 0 amide bonds. The third-order valence-corrected chi connectivity index (χ3v) is 2.47. The zero-order valence-corrected chi connectivity index (χ0v) is 8.85. The third kappa shape index (κ3) is 3.57. The molecule has 0 saturated carbocycles. The summed E-state index contributed by atoms with van der Waals surface area (Å²) < 4.78 is 4.95. The molecular weight excluding hydrogens is 168 g/mol. The van der Waals surface area contributed by atoms with E-state index < -0.39 is 5.41 Å². The minimum Gasteiger partial charge on any atom is -0.465 e. The van der Waals surface area contributed by atoms with E-state index in [1.165, 1.54) is 6.92 Å². The van der Waals surface area contributed by atoms with E-state index in [0.717, 1.165) is 0 Å². The van der Waals surface area contributed by atoms with Crippen LogP contribution in [-0.2, 0) is 14.3 Å². The standard InChI is InChI=1S/C10H18O3/c1-5-9(12)13-7-10(4,6-2)8(3)11/h5-7H2,1-4H3/t10-/m1/s1. The van der Waals surface area contributed by atoms with E-state index in [2.05, 4.69) is 0 Å². The number of rotatable bonds is 5. The van der Waals surface area contributed by atoms with Crippen molar-refractivity contribution in [2.45, 2.75) is 40.5 Å². The average Bonchev–Trinajstić information content (AvgIpc) is 2.13. The summed E-state index contributed by atoms with van der Waals surface area (Å²) in [6.07, 6.45) is 1.05. The van der Waals surface area contributed by atoms with Gasteiger partial charge in [0.2, 0.25) is 0 Å². The highest BCUT2D eigenvalue weighted by Crippen LogP contribution is 2.22. The molecule has 3 heteroatoms. The van der Waals surface area contributed by atoms with Gasteiger partial charge in [-0.1, -0.05) is 13.8 Å². The number of hydrogen-bond acceptors (Lipinski definition) is 3. The zero-order valence-electron chi connectivity index (χ0n) is 8.85. The highest BCUT2D eigenvalue weighted by atomic mass is 16.5. The van der Waals surface area contributed by atoms with Gasteiger partial charge in [0, 0.05) is 6.42 Å². The van der Waals surface area contributed by atoms with Crippen molar-refractivity contribution >= 4 is 11.8 Å². The van der Waals surface area contributed by atoms with Crippen LogP contribution in [-0.4, -0.2) is 18.4 Å². The van der Waals surface area contributed by atoms with Crippen LogP contribution < -0.4 is 0 Å². The molecule has 1 atom stereocenters. The van der Waals surface area contributed by atoms with Crippen molar-refractivity contribution in [1.82, 2.24) is 0 Å². The minimum absolute atomic E-state index is 0.0684. The Labute approximate surface area is 79.5 Å². The van der Waals surface area contributed by atoms with E-state index in [9.17, 15) is 9.59 Å². The monoisotopic (exact) mass is 186 g/mol.